The van der Waals surface area contributed by atoms with Gasteiger partial charge in [0.1, 0.15) is 29.4 Å². The molecule has 4 rings (SSSR count). The first kappa shape index (κ1) is 22.5. The molecule has 0 aliphatic rings. The zero-order valence-electron chi connectivity index (χ0n) is 18.1. The highest BCUT2D eigenvalue weighted by Gasteiger charge is 2.17. The molecule has 0 spiro atoms. The Hall–Kier alpha value is -4.67. The fourth-order valence-electron chi connectivity index (χ4n) is 3.07. The number of aromatic carboxylic acids is 1. The van der Waals surface area contributed by atoms with Gasteiger partial charge in [-0.15, -0.1) is 10.2 Å². The van der Waals surface area contributed by atoms with Gasteiger partial charge in [-0.2, -0.15) is 0 Å². The predicted molar refractivity (Wildman–Crippen MR) is 119 cm³/mol. The average Bonchev–Trinajstić information content (AvgIpc) is 3.31. The maximum absolute atomic E-state index is 14.4. The number of carbonyl (C=O) groups is 2. The first-order valence-corrected chi connectivity index (χ1v) is 10.2. The van der Waals surface area contributed by atoms with Crippen LogP contribution in [0.5, 0.6) is 11.6 Å². The zero-order chi connectivity index (χ0) is 24.2. The van der Waals surface area contributed by atoms with Crippen molar-refractivity contribution in [2.24, 2.45) is 0 Å². The van der Waals surface area contributed by atoms with Gasteiger partial charge in [-0.05, 0) is 50.2 Å². The van der Waals surface area contributed by atoms with Crippen LogP contribution in [0.1, 0.15) is 40.7 Å². The van der Waals surface area contributed by atoms with E-state index < -0.39 is 17.7 Å². The van der Waals surface area contributed by atoms with E-state index in [1.54, 1.807) is 24.5 Å². The number of rotatable bonds is 7. The number of hydrogen-bond acceptors (Lipinski definition) is 7. The molecule has 2 N–H and O–H groups in total. The number of aromatic nitrogens is 5. The molecule has 0 bridgehead atoms. The number of nitrogens with zero attached hydrogens (tertiary/aromatic N) is 5. The van der Waals surface area contributed by atoms with Crippen molar-refractivity contribution in [3.05, 3.63) is 78.0 Å². The van der Waals surface area contributed by atoms with Gasteiger partial charge in [0.05, 0.1) is 5.56 Å². The van der Waals surface area contributed by atoms with Crippen LogP contribution in [0.15, 0.2) is 60.9 Å². The van der Waals surface area contributed by atoms with Crippen LogP contribution in [0.2, 0.25) is 0 Å². The third-order valence-corrected chi connectivity index (χ3v) is 4.70. The Morgan fingerprint density at radius 3 is 2.65 bits per heavy atom. The number of anilines is 1. The monoisotopic (exact) mass is 462 g/mol. The lowest BCUT2D eigenvalue weighted by molar-refractivity contribution is 0.0689. The molecule has 34 heavy (non-hydrogen) atoms. The third-order valence-electron chi connectivity index (χ3n) is 4.70. The summed E-state index contributed by atoms with van der Waals surface area (Å²) in [6.07, 6.45) is 1.59. The fourth-order valence-corrected chi connectivity index (χ4v) is 3.07. The Morgan fingerprint density at radius 2 is 1.88 bits per heavy atom. The van der Waals surface area contributed by atoms with E-state index in [2.05, 4.69) is 25.5 Å². The van der Waals surface area contributed by atoms with Crippen molar-refractivity contribution in [2.75, 3.05) is 5.32 Å². The minimum Gasteiger partial charge on any atom is -0.477 e. The predicted octanol–water partition coefficient (Wildman–Crippen LogP) is 4.20. The Bertz CT molecular complexity index is 1370. The Labute approximate surface area is 193 Å². The molecule has 3 heterocycles. The third kappa shape index (κ3) is 4.88. The molecule has 11 heteroatoms. The second kappa shape index (κ2) is 9.45. The van der Waals surface area contributed by atoms with Crippen LogP contribution in [0.25, 0.3) is 11.5 Å². The first-order valence-electron chi connectivity index (χ1n) is 10.2. The van der Waals surface area contributed by atoms with E-state index in [4.69, 9.17) is 9.84 Å². The van der Waals surface area contributed by atoms with Gasteiger partial charge in [-0.25, -0.2) is 19.2 Å². The Balaban J connectivity index is 1.55. The summed E-state index contributed by atoms with van der Waals surface area (Å²) in [5, 5.41) is 19.6. The summed E-state index contributed by atoms with van der Waals surface area (Å²) in [5.74, 6) is -1.91. The number of carbonyl (C=O) groups excluding carboxylic acids is 1. The first-order chi connectivity index (χ1) is 16.3. The lowest BCUT2D eigenvalue weighted by atomic mass is 10.2. The molecule has 172 valence electrons. The average molecular weight is 462 g/mol. The van der Waals surface area contributed by atoms with E-state index in [9.17, 15) is 14.0 Å². The van der Waals surface area contributed by atoms with Crippen molar-refractivity contribution in [3.8, 4) is 23.1 Å². The van der Waals surface area contributed by atoms with E-state index in [1.165, 1.54) is 30.3 Å². The van der Waals surface area contributed by atoms with Crippen molar-refractivity contribution < 1.29 is 23.8 Å². The number of halogens is 1. The van der Waals surface area contributed by atoms with E-state index in [-0.39, 0.29) is 34.7 Å². The molecule has 10 nitrogen and oxygen atoms in total. The summed E-state index contributed by atoms with van der Waals surface area (Å²) in [7, 11) is 0. The number of nitrogens with one attached hydrogen (secondary N) is 1. The largest absolute Gasteiger partial charge is 0.477 e. The van der Waals surface area contributed by atoms with Gasteiger partial charge in [-0.1, -0.05) is 12.1 Å². The van der Waals surface area contributed by atoms with Crippen LogP contribution in [0.4, 0.5) is 10.2 Å². The van der Waals surface area contributed by atoms with Gasteiger partial charge < -0.3 is 19.7 Å². The molecule has 4 aromatic rings. The summed E-state index contributed by atoms with van der Waals surface area (Å²) in [6.45, 7) is 3.95. The highest BCUT2D eigenvalue weighted by atomic mass is 19.1. The molecule has 1 aromatic carbocycles. The van der Waals surface area contributed by atoms with Gasteiger partial charge in [-0.3, -0.25) is 4.79 Å². The smallest absolute Gasteiger partial charge is 0.354 e. The van der Waals surface area contributed by atoms with Gasteiger partial charge in [0.2, 0.25) is 5.88 Å². The molecular formula is C23H19FN6O4. The lowest BCUT2D eigenvalue weighted by Gasteiger charge is -2.11. The van der Waals surface area contributed by atoms with Crippen LogP contribution in [-0.4, -0.2) is 41.7 Å². The minimum absolute atomic E-state index is 0.0125. The van der Waals surface area contributed by atoms with Gasteiger partial charge in [0.25, 0.3) is 5.91 Å². The topological polar surface area (TPSA) is 132 Å². The SMILES string of the molecule is CC(C)n1cnnc1-c1cccc(NC(=O)c2cc(Oc3cccc(C(=O)O)n3)ccc2F)n1. The van der Waals surface area contributed by atoms with Crippen molar-refractivity contribution in [1.29, 1.82) is 0 Å². The quantitative estimate of drug-likeness (QED) is 0.418. The standard InChI is InChI=1S/C23H19FN6O4/c1-13(2)30-12-25-29-21(30)17-5-3-7-19(26-17)28-22(31)15-11-14(9-10-16(15)24)34-20-8-4-6-18(27-20)23(32)33/h3-13H,1-2H3,(H,32,33)(H,26,28,31). The summed E-state index contributed by atoms with van der Waals surface area (Å²) in [5.41, 5.74) is -0.00721. The second-order valence-electron chi connectivity index (χ2n) is 7.43. The second-order valence-corrected chi connectivity index (χ2v) is 7.43. The summed E-state index contributed by atoms with van der Waals surface area (Å²) < 4.78 is 21.8. The molecule has 1 amide bonds. The molecular weight excluding hydrogens is 443 g/mol. The fraction of sp³-hybridized carbons (Fsp3) is 0.130. The summed E-state index contributed by atoms with van der Waals surface area (Å²) >= 11 is 0. The summed E-state index contributed by atoms with van der Waals surface area (Å²) in [4.78, 5) is 32.1. The number of benzene rings is 1. The molecule has 0 saturated heterocycles. The molecule has 0 aliphatic heterocycles. The van der Waals surface area contributed by atoms with E-state index >= 15 is 0 Å². The Morgan fingerprint density at radius 1 is 1.09 bits per heavy atom. The number of pyridine rings is 2. The molecule has 0 unspecified atom stereocenters. The molecule has 0 fully saturated rings. The van der Waals surface area contributed by atoms with E-state index in [0.717, 1.165) is 6.07 Å². The number of carboxylic acid groups (broad SMARTS) is 1. The maximum atomic E-state index is 14.4. The Kier molecular flexibility index (Phi) is 6.26. The number of ether oxygens (including phenoxy) is 1. The highest BCUT2D eigenvalue weighted by molar-refractivity contribution is 6.04. The van der Waals surface area contributed by atoms with Gasteiger partial charge in [0, 0.05) is 12.1 Å². The van der Waals surface area contributed by atoms with Crippen LogP contribution >= 0.6 is 0 Å². The number of carboxylic acids is 1. The number of hydrogen-bond donors (Lipinski definition) is 2. The molecule has 0 aliphatic carbocycles. The molecule has 0 radical (unpaired) electrons. The van der Waals surface area contributed by atoms with E-state index in [1.807, 2.05) is 18.4 Å². The highest BCUT2D eigenvalue weighted by Crippen LogP contribution is 2.24. The lowest BCUT2D eigenvalue weighted by Crippen LogP contribution is -2.15. The van der Waals surface area contributed by atoms with E-state index in [0.29, 0.717) is 11.5 Å². The van der Waals surface area contributed by atoms with Gasteiger partial charge in [0.15, 0.2) is 11.5 Å². The van der Waals surface area contributed by atoms with Crippen molar-refractivity contribution in [3.63, 3.8) is 0 Å². The van der Waals surface area contributed by atoms with Crippen molar-refractivity contribution in [1.82, 2.24) is 24.7 Å². The maximum Gasteiger partial charge on any atom is 0.354 e. The van der Waals surface area contributed by atoms with Crippen molar-refractivity contribution >= 4 is 17.7 Å². The van der Waals surface area contributed by atoms with Gasteiger partial charge >= 0.3 is 5.97 Å². The molecule has 0 saturated carbocycles. The van der Waals surface area contributed by atoms with Crippen molar-refractivity contribution in [2.45, 2.75) is 19.9 Å². The minimum atomic E-state index is -1.22. The zero-order valence-corrected chi connectivity index (χ0v) is 18.1. The number of amides is 1. The molecule has 0 atom stereocenters. The summed E-state index contributed by atoms with van der Waals surface area (Å²) in [6, 6.07) is 12.9. The normalized spacial score (nSPS) is 10.8. The van der Waals surface area contributed by atoms with Crippen LogP contribution < -0.4 is 10.1 Å². The van der Waals surface area contributed by atoms with Crippen LogP contribution in [-0.2, 0) is 0 Å². The van der Waals surface area contributed by atoms with Crippen LogP contribution in [0.3, 0.4) is 0 Å². The molecule has 3 aromatic heterocycles. The van der Waals surface area contributed by atoms with Crippen LogP contribution in [0, 0.1) is 5.82 Å².